The molecule has 1 aliphatic heterocycles. The Morgan fingerprint density at radius 2 is 2.04 bits per heavy atom. The van der Waals surface area contributed by atoms with Crippen molar-refractivity contribution in [2.24, 2.45) is 5.92 Å². The highest BCUT2D eigenvalue weighted by atomic mass is 32.1. The summed E-state index contributed by atoms with van der Waals surface area (Å²) in [5, 5.41) is 14.6. The molecule has 0 aliphatic carbocycles. The van der Waals surface area contributed by atoms with Gasteiger partial charge in [0.15, 0.2) is 5.82 Å². The first-order valence-corrected chi connectivity index (χ1v) is 11.1. The molecule has 4 rings (SSSR count). The summed E-state index contributed by atoms with van der Waals surface area (Å²) in [5.74, 6) is 1.09. The number of rotatable bonds is 5. The normalized spacial score (nSPS) is 15.0. The summed E-state index contributed by atoms with van der Waals surface area (Å²) in [6.45, 7) is 6.16. The first-order chi connectivity index (χ1) is 13.6. The number of anilines is 1. The number of nitrogens with zero attached hydrogens (tertiary/aromatic N) is 4. The number of piperidine rings is 1. The smallest absolute Gasteiger partial charge is 0.223 e. The summed E-state index contributed by atoms with van der Waals surface area (Å²) in [4.78, 5) is 21.8. The molecule has 3 aromatic heterocycles. The van der Waals surface area contributed by atoms with E-state index in [4.69, 9.17) is 0 Å². The standard InChI is InChI=1S/C20H23N5OS2/c1-13-5-6-18(24-23-13)25-9-7-15(8-10-25)19(26)21-12-17-14(2)22-20(28-17)16-4-3-11-27-16/h3-6,11,15H,7-10,12H2,1-2H3,(H,21,26). The summed E-state index contributed by atoms with van der Waals surface area (Å²) in [7, 11) is 0. The Kier molecular flexibility index (Phi) is 5.68. The lowest BCUT2D eigenvalue weighted by atomic mass is 9.96. The average Bonchev–Trinajstić information content (AvgIpc) is 3.37. The van der Waals surface area contributed by atoms with Crippen molar-refractivity contribution in [2.45, 2.75) is 33.2 Å². The lowest BCUT2D eigenvalue weighted by Crippen LogP contribution is -2.40. The maximum Gasteiger partial charge on any atom is 0.223 e. The van der Waals surface area contributed by atoms with E-state index in [2.05, 4.69) is 36.8 Å². The van der Waals surface area contributed by atoms with Gasteiger partial charge < -0.3 is 10.2 Å². The molecular formula is C20H23N5OS2. The van der Waals surface area contributed by atoms with Gasteiger partial charge in [-0.05, 0) is 50.3 Å². The molecule has 0 unspecified atom stereocenters. The minimum absolute atomic E-state index is 0.0552. The minimum atomic E-state index is 0.0552. The van der Waals surface area contributed by atoms with E-state index in [1.807, 2.05) is 32.0 Å². The fourth-order valence-corrected chi connectivity index (χ4v) is 5.14. The quantitative estimate of drug-likeness (QED) is 0.689. The average molecular weight is 414 g/mol. The molecule has 1 N–H and O–H groups in total. The fourth-order valence-electron chi connectivity index (χ4n) is 3.34. The Morgan fingerprint density at radius 3 is 2.71 bits per heavy atom. The molecule has 1 saturated heterocycles. The van der Waals surface area contributed by atoms with E-state index in [0.717, 1.165) is 53.0 Å². The Hall–Kier alpha value is -2.32. The molecule has 3 aromatic rings. The van der Waals surface area contributed by atoms with Crippen LogP contribution in [-0.2, 0) is 11.3 Å². The van der Waals surface area contributed by atoms with Crippen LogP contribution < -0.4 is 10.2 Å². The molecule has 0 aromatic carbocycles. The van der Waals surface area contributed by atoms with Crippen LogP contribution in [0.3, 0.4) is 0 Å². The van der Waals surface area contributed by atoms with Crippen molar-refractivity contribution in [1.82, 2.24) is 20.5 Å². The molecule has 0 bridgehead atoms. The third kappa shape index (κ3) is 4.23. The van der Waals surface area contributed by atoms with Gasteiger partial charge in [0, 0.05) is 23.9 Å². The Labute approximate surface area is 172 Å². The molecule has 1 amide bonds. The number of carbonyl (C=O) groups excluding carboxylic acids is 1. The van der Waals surface area contributed by atoms with Crippen molar-refractivity contribution < 1.29 is 4.79 Å². The van der Waals surface area contributed by atoms with Gasteiger partial charge in [0.2, 0.25) is 5.91 Å². The van der Waals surface area contributed by atoms with Gasteiger partial charge in [-0.15, -0.1) is 27.8 Å². The van der Waals surface area contributed by atoms with Gasteiger partial charge in [-0.3, -0.25) is 4.79 Å². The SMILES string of the molecule is Cc1ccc(N2CCC(C(=O)NCc3sc(-c4cccs4)nc3C)CC2)nn1. The number of hydrogen-bond donors (Lipinski definition) is 1. The van der Waals surface area contributed by atoms with Crippen LogP contribution in [-0.4, -0.2) is 34.2 Å². The maximum absolute atomic E-state index is 12.6. The van der Waals surface area contributed by atoms with Crippen LogP contribution in [0, 0.1) is 19.8 Å². The largest absolute Gasteiger partial charge is 0.355 e. The van der Waals surface area contributed by atoms with Gasteiger partial charge in [0.25, 0.3) is 0 Å². The zero-order valence-corrected chi connectivity index (χ0v) is 17.6. The summed E-state index contributed by atoms with van der Waals surface area (Å²) in [5.41, 5.74) is 1.92. The van der Waals surface area contributed by atoms with E-state index in [1.165, 1.54) is 4.88 Å². The van der Waals surface area contributed by atoms with Crippen LogP contribution >= 0.6 is 22.7 Å². The van der Waals surface area contributed by atoms with Crippen LogP contribution in [0.15, 0.2) is 29.6 Å². The Morgan fingerprint density at radius 1 is 1.21 bits per heavy atom. The molecule has 28 heavy (non-hydrogen) atoms. The first-order valence-electron chi connectivity index (χ1n) is 9.43. The zero-order valence-electron chi connectivity index (χ0n) is 16.0. The summed E-state index contributed by atoms with van der Waals surface area (Å²) >= 11 is 3.36. The third-order valence-electron chi connectivity index (χ3n) is 5.02. The highest BCUT2D eigenvalue weighted by Gasteiger charge is 2.26. The van der Waals surface area contributed by atoms with Crippen molar-refractivity contribution in [3.8, 4) is 9.88 Å². The van der Waals surface area contributed by atoms with E-state index in [-0.39, 0.29) is 11.8 Å². The number of aryl methyl sites for hydroxylation is 2. The molecular weight excluding hydrogens is 390 g/mol. The molecule has 0 spiro atoms. The van der Waals surface area contributed by atoms with Gasteiger partial charge in [-0.1, -0.05) is 6.07 Å². The maximum atomic E-state index is 12.6. The van der Waals surface area contributed by atoms with Gasteiger partial charge in [0.1, 0.15) is 5.01 Å². The van der Waals surface area contributed by atoms with Crippen LogP contribution in [0.25, 0.3) is 9.88 Å². The van der Waals surface area contributed by atoms with E-state index < -0.39 is 0 Å². The number of carbonyl (C=O) groups is 1. The monoisotopic (exact) mass is 413 g/mol. The predicted molar refractivity (Wildman–Crippen MR) is 114 cm³/mol. The molecule has 0 radical (unpaired) electrons. The van der Waals surface area contributed by atoms with Gasteiger partial charge in [-0.2, -0.15) is 5.10 Å². The second-order valence-corrected chi connectivity index (χ2v) is 9.05. The zero-order chi connectivity index (χ0) is 19.5. The fraction of sp³-hybridized carbons (Fsp3) is 0.400. The summed E-state index contributed by atoms with van der Waals surface area (Å²) < 4.78 is 0. The Balaban J connectivity index is 1.30. The predicted octanol–water partition coefficient (Wildman–Crippen LogP) is 3.81. The second-order valence-electron chi connectivity index (χ2n) is 7.02. The number of thiophene rings is 1. The molecule has 146 valence electrons. The minimum Gasteiger partial charge on any atom is -0.355 e. The van der Waals surface area contributed by atoms with E-state index in [9.17, 15) is 4.79 Å². The molecule has 6 nitrogen and oxygen atoms in total. The van der Waals surface area contributed by atoms with Crippen LogP contribution in [0.1, 0.15) is 29.1 Å². The van der Waals surface area contributed by atoms with Gasteiger partial charge in [0.05, 0.1) is 22.8 Å². The van der Waals surface area contributed by atoms with E-state index in [1.54, 1.807) is 22.7 Å². The lowest BCUT2D eigenvalue weighted by molar-refractivity contribution is -0.125. The summed E-state index contributed by atoms with van der Waals surface area (Å²) in [6, 6.07) is 8.09. The molecule has 8 heteroatoms. The van der Waals surface area contributed by atoms with Crippen molar-refractivity contribution >= 4 is 34.4 Å². The number of thiazole rings is 1. The highest BCUT2D eigenvalue weighted by molar-refractivity contribution is 7.21. The van der Waals surface area contributed by atoms with E-state index >= 15 is 0 Å². The number of nitrogens with one attached hydrogen (secondary N) is 1. The van der Waals surface area contributed by atoms with Crippen molar-refractivity contribution in [3.05, 3.63) is 45.9 Å². The second kappa shape index (κ2) is 8.36. The van der Waals surface area contributed by atoms with Crippen LogP contribution in [0.4, 0.5) is 5.82 Å². The van der Waals surface area contributed by atoms with Gasteiger partial charge >= 0.3 is 0 Å². The summed E-state index contributed by atoms with van der Waals surface area (Å²) in [6.07, 6.45) is 1.67. The van der Waals surface area contributed by atoms with Crippen LogP contribution in [0.2, 0.25) is 0 Å². The molecule has 1 fully saturated rings. The molecule has 0 saturated carbocycles. The van der Waals surface area contributed by atoms with E-state index in [0.29, 0.717) is 6.54 Å². The molecule has 4 heterocycles. The van der Waals surface area contributed by atoms with Crippen LogP contribution in [0.5, 0.6) is 0 Å². The number of amides is 1. The molecule has 0 atom stereocenters. The Bertz CT molecular complexity index is 928. The lowest BCUT2D eigenvalue weighted by Gasteiger charge is -2.31. The van der Waals surface area contributed by atoms with Crippen molar-refractivity contribution in [3.63, 3.8) is 0 Å². The molecule has 1 aliphatic rings. The van der Waals surface area contributed by atoms with Crippen molar-refractivity contribution in [2.75, 3.05) is 18.0 Å². The third-order valence-corrected chi connectivity index (χ3v) is 7.22. The van der Waals surface area contributed by atoms with Gasteiger partial charge in [-0.25, -0.2) is 4.98 Å². The first kappa shape index (κ1) is 19.0. The van der Waals surface area contributed by atoms with Crippen molar-refractivity contribution in [1.29, 1.82) is 0 Å². The topological polar surface area (TPSA) is 71.0 Å². The number of hydrogen-bond acceptors (Lipinski definition) is 7. The number of aromatic nitrogens is 3. The highest BCUT2D eigenvalue weighted by Crippen LogP contribution is 2.31.